The van der Waals surface area contributed by atoms with Crippen LogP contribution >= 0.6 is 12.4 Å². The number of hydrogen-bond donors (Lipinski definition) is 1. The maximum absolute atomic E-state index is 15.0. The number of anilines is 2. The van der Waals surface area contributed by atoms with Gasteiger partial charge in [0.15, 0.2) is 0 Å². The molecule has 66 heavy (non-hydrogen) atoms. The van der Waals surface area contributed by atoms with E-state index in [0.717, 1.165) is 12.1 Å². The minimum Gasteiger partial charge on any atom is -0.413 e. The summed E-state index contributed by atoms with van der Waals surface area (Å²) in [6.45, 7) is 5.14. The van der Waals surface area contributed by atoms with E-state index in [4.69, 9.17) is 0 Å². The van der Waals surface area contributed by atoms with E-state index < -0.39 is 53.5 Å². The maximum Gasteiger partial charge on any atom is 0.470 e. The minimum atomic E-state index is -4.81. The van der Waals surface area contributed by atoms with Gasteiger partial charge >= 0.3 is 24.1 Å². The summed E-state index contributed by atoms with van der Waals surface area (Å²) in [4.78, 5) is 42.8. The lowest BCUT2D eigenvalue weighted by atomic mass is 9.95. The van der Waals surface area contributed by atoms with Crippen molar-refractivity contribution in [2.45, 2.75) is 39.3 Å². The van der Waals surface area contributed by atoms with E-state index in [1.54, 1.807) is 73.3 Å². The smallest absolute Gasteiger partial charge is 0.413 e. The normalized spacial score (nSPS) is 14.1. The van der Waals surface area contributed by atoms with E-state index in [1.165, 1.54) is 34.1 Å². The van der Waals surface area contributed by atoms with Crippen LogP contribution < -0.4 is 15.1 Å². The first-order valence-corrected chi connectivity index (χ1v) is 20.0. The van der Waals surface area contributed by atoms with Gasteiger partial charge in [-0.2, -0.15) is 26.3 Å². The van der Waals surface area contributed by atoms with Crippen molar-refractivity contribution in [3.8, 4) is 22.9 Å². The SMILES string of the molecule is CC(C)C(=O)N1CC(C(=O)N(Cc2ccc(-c3nnc(C(F)(F)F)o3)cc2F)c2ccccc2)C1.Cl.O=C(C1CNC1)N(Cc1ccc(-c2nnc(C(F)(F)F)o2)cc1F)c1ccccc1. The third kappa shape index (κ3) is 11.2. The van der Waals surface area contributed by atoms with E-state index in [9.17, 15) is 49.5 Å². The largest absolute Gasteiger partial charge is 0.470 e. The number of halogens is 9. The quantitative estimate of drug-likeness (QED) is 0.125. The molecular weight excluding hydrogens is 908 g/mol. The molecule has 3 amide bonds. The van der Waals surface area contributed by atoms with Gasteiger partial charge < -0.3 is 28.9 Å². The molecule has 2 aliphatic rings. The number of para-hydroxylation sites is 2. The molecule has 0 unspecified atom stereocenters. The highest BCUT2D eigenvalue weighted by Gasteiger charge is 2.41. The molecule has 0 spiro atoms. The van der Waals surface area contributed by atoms with Crippen molar-refractivity contribution in [3.63, 3.8) is 0 Å². The van der Waals surface area contributed by atoms with Crippen LogP contribution in [0.3, 0.4) is 0 Å². The molecular formula is C44H39ClF8N8O5. The molecule has 4 heterocycles. The molecule has 8 rings (SSSR count). The number of nitrogens with one attached hydrogen (secondary N) is 1. The van der Waals surface area contributed by atoms with Crippen LogP contribution in [-0.4, -0.2) is 69.2 Å². The predicted molar refractivity (Wildman–Crippen MR) is 223 cm³/mol. The topological polar surface area (TPSA) is 151 Å². The summed E-state index contributed by atoms with van der Waals surface area (Å²) in [5, 5.41) is 15.6. The second-order valence-corrected chi connectivity index (χ2v) is 15.4. The van der Waals surface area contributed by atoms with Gasteiger partial charge in [-0.05, 0) is 48.5 Å². The van der Waals surface area contributed by atoms with Gasteiger partial charge in [0.05, 0.1) is 24.9 Å². The molecule has 0 atom stereocenters. The van der Waals surface area contributed by atoms with Crippen LogP contribution in [0.4, 0.5) is 46.5 Å². The highest BCUT2D eigenvalue weighted by molar-refractivity contribution is 5.97. The van der Waals surface area contributed by atoms with Crippen molar-refractivity contribution in [2.24, 2.45) is 17.8 Å². The number of amides is 3. The van der Waals surface area contributed by atoms with Crippen molar-refractivity contribution in [1.82, 2.24) is 30.6 Å². The highest BCUT2D eigenvalue weighted by atomic mass is 35.5. The number of alkyl halides is 6. The number of nitrogens with zero attached hydrogens (tertiary/aromatic N) is 7. The molecule has 2 aliphatic heterocycles. The zero-order valence-corrected chi connectivity index (χ0v) is 35.6. The highest BCUT2D eigenvalue weighted by Crippen LogP contribution is 2.33. The number of likely N-dealkylation sites (tertiary alicyclic amines) is 1. The fourth-order valence-electron chi connectivity index (χ4n) is 6.76. The third-order valence-electron chi connectivity index (χ3n) is 10.4. The van der Waals surface area contributed by atoms with Gasteiger partial charge in [0.1, 0.15) is 11.6 Å². The first-order chi connectivity index (χ1) is 30.9. The number of rotatable bonds is 11. The molecule has 0 bridgehead atoms. The van der Waals surface area contributed by atoms with Crippen LogP contribution in [0.5, 0.6) is 0 Å². The van der Waals surface area contributed by atoms with Crippen molar-refractivity contribution in [2.75, 3.05) is 36.0 Å². The Morgan fingerprint density at radius 1 is 0.652 bits per heavy atom. The van der Waals surface area contributed by atoms with Crippen LogP contribution in [0.2, 0.25) is 0 Å². The van der Waals surface area contributed by atoms with Crippen LogP contribution in [0, 0.1) is 29.4 Å². The molecule has 348 valence electrons. The summed E-state index contributed by atoms with van der Waals surface area (Å²) in [5.41, 5.74) is 1.54. The molecule has 2 aromatic heterocycles. The molecule has 1 N–H and O–H groups in total. The Morgan fingerprint density at radius 3 is 1.39 bits per heavy atom. The van der Waals surface area contributed by atoms with Gasteiger partial charge in [0, 0.05) is 65.7 Å². The lowest BCUT2D eigenvalue weighted by Crippen LogP contribution is -2.57. The second kappa shape index (κ2) is 20.2. The minimum absolute atomic E-state index is 0. The maximum atomic E-state index is 15.0. The molecule has 22 heteroatoms. The van der Waals surface area contributed by atoms with Crippen molar-refractivity contribution in [3.05, 3.63) is 132 Å². The van der Waals surface area contributed by atoms with Crippen LogP contribution in [0.1, 0.15) is 36.8 Å². The number of carbonyl (C=O) groups is 3. The predicted octanol–water partition coefficient (Wildman–Crippen LogP) is 8.61. The summed E-state index contributed by atoms with van der Waals surface area (Å²) in [6, 6.07) is 25.1. The van der Waals surface area contributed by atoms with E-state index in [2.05, 4.69) is 34.5 Å². The molecule has 13 nitrogen and oxygen atoms in total. The molecule has 0 aliphatic carbocycles. The number of benzene rings is 4. The molecule has 2 fully saturated rings. The first-order valence-electron chi connectivity index (χ1n) is 20.0. The monoisotopic (exact) mass is 946 g/mol. The summed E-state index contributed by atoms with van der Waals surface area (Å²) < 4.78 is 115. The van der Waals surface area contributed by atoms with Crippen LogP contribution in [0.25, 0.3) is 22.9 Å². The zero-order chi connectivity index (χ0) is 46.6. The molecule has 4 aromatic carbocycles. The fraction of sp³-hybridized carbons (Fsp3) is 0.295. The first kappa shape index (κ1) is 48.7. The average Bonchev–Trinajstić information content (AvgIpc) is 3.95. The summed E-state index contributed by atoms with van der Waals surface area (Å²) in [7, 11) is 0. The van der Waals surface area contributed by atoms with Gasteiger partial charge in [0.25, 0.3) is 0 Å². The van der Waals surface area contributed by atoms with Crippen LogP contribution in [0.15, 0.2) is 106 Å². The Labute approximate surface area is 377 Å². The van der Waals surface area contributed by atoms with E-state index >= 15 is 0 Å². The molecule has 0 radical (unpaired) electrons. The standard InChI is InChI=1S/C24H22F4N4O3.C20H16F4N4O2.ClH/c1-14(2)21(33)31-11-17(12-31)22(34)32(18-6-4-3-5-7-18)13-16-9-8-15(10-19(16)25)20-29-30-23(35-20)24(26,27)28;21-16-8-12(17-26-27-19(30-17)20(22,23)24)6-7-13(16)11-28(15-4-2-1-3-5-15)18(29)14-9-25-10-14;/h3-10,14,17H,11-13H2,1-2H3;1-8,14,25H,9-11H2;1H. The summed E-state index contributed by atoms with van der Waals surface area (Å²) in [5.74, 6) is -6.56. The van der Waals surface area contributed by atoms with Gasteiger partial charge in [-0.25, -0.2) is 8.78 Å². The Balaban J connectivity index is 0.000000217. The Morgan fingerprint density at radius 2 is 1.06 bits per heavy atom. The zero-order valence-electron chi connectivity index (χ0n) is 34.8. The third-order valence-corrected chi connectivity index (χ3v) is 10.4. The van der Waals surface area contributed by atoms with Gasteiger partial charge in [-0.3, -0.25) is 14.4 Å². The van der Waals surface area contributed by atoms with Crippen molar-refractivity contribution in [1.29, 1.82) is 0 Å². The Hall–Kier alpha value is -6.74. The summed E-state index contributed by atoms with van der Waals surface area (Å²) >= 11 is 0. The number of carbonyl (C=O) groups excluding carboxylic acids is 3. The number of aromatic nitrogens is 4. The number of hydrogen-bond acceptors (Lipinski definition) is 10. The van der Waals surface area contributed by atoms with Crippen molar-refractivity contribution < 1.29 is 58.3 Å². The average molecular weight is 947 g/mol. The van der Waals surface area contributed by atoms with Gasteiger partial charge in [-0.15, -0.1) is 32.8 Å². The Kier molecular flexibility index (Phi) is 14.9. The summed E-state index contributed by atoms with van der Waals surface area (Å²) in [6.07, 6.45) is -9.59. The van der Waals surface area contributed by atoms with Gasteiger partial charge in [-0.1, -0.05) is 62.4 Å². The second-order valence-electron chi connectivity index (χ2n) is 15.4. The lowest BCUT2D eigenvalue weighted by Gasteiger charge is -2.41. The Bertz CT molecular complexity index is 2640. The van der Waals surface area contributed by atoms with Crippen molar-refractivity contribution >= 4 is 41.5 Å². The lowest BCUT2D eigenvalue weighted by molar-refractivity contribution is -0.157. The molecule has 2 saturated heterocycles. The van der Waals surface area contributed by atoms with E-state index in [1.807, 2.05) is 6.07 Å². The van der Waals surface area contributed by atoms with Crippen LogP contribution in [-0.2, 0) is 39.8 Å². The van der Waals surface area contributed by atoms with E-state index in [0.29, 0.717) is 37.6 Å². The van der Waals surface area contributed by atoms with E-state index in [-0.39, 0.29) is 77.3 Å². The molecule has 0 saturated carbocycles. The fourth-order valence-corrected chi connectivity index (χ4v) is 6.76. The molecule has 6 aromatic rings. The van der Waals surface area contributed by atoms with Gasteiger partial charge in [0.2, 0.25) is 29.5 Å².